The van der Waals surface area contributed by atoms with Gasteiger partial charge in [-0.3, -0.25) is 9.59 Å². The second kappa shape index (κ2) is 20.7. The van der Waals surface area contributed by atoms with Gasteiger partial charge in [-0.25, -0.2) is 0 Å². The summed E-state index contributed by atoms with van der Waals surface area (Å²) in [5, 5.41) is 0. The quantitative estimate of drug-likeness (QED) is 0.0689. The summed E-state index contributed by atoms with van der Waals surface area (Å²) < 4.78 is 21.0. The minimum absolute atomic E-state index is 0.0566. The van der Waals surface area contributed by atoms with E-state index in [0.717, 1.165) is 63.7 Å². The predicted molar refractivity (Wildman–Crippen MR) is 258 cm³/mol. The monoisotopic (exact) mass is 849 g/mol. The maximum Gasteiger partial charge on any atom is 0.308 e. The number of methoxy groups -OCH3 is 2. The third kappa shape index (κ3) is 11.0. The van der Waals surface area contributed by atoms with Gasteiger partial charge < -0.3 is 23.8 Å². The lowest BCUT2D eigenvalue weighted by molar-refractivity contribution is -0.132. The van der Waals surface area contributed by atoms with E-state index < -0.39 is 0 Å². The van der Waals surface area contributed by atoms with Crippen molar-refractivity contribution < 1.29 is 28.5 Å². The van der Waals surface area contributed by atoms with Gasteiger partial charge in [0.2, 0.25) is 0 Å². The van der Waals surface area contributed by atoms with Gasteiger partial charge in [0.1, 0.15) is 23.0 Å². The minimum Gasteiger partial charge on any atom is -0.497 e. The number of hydrogen-bond acceptors (Lipinski definition) is 7. The third-order valence-corrected chi connectivity index (χ3v) is 11.6. The van der Waals surface area contributed by atoms with Gasteiger partial charge in [-0.1, -0.05) is 109 Å². The molecule has 8 rings (SSSR count). The van der Waals surface area contributed by atoms with E-state index in [2.05, 4.69) is 134 Å². The van der Waals surface area contributed by atoms with Gasteiger partial charge in [-0.05, 0) is 151 Å². The Labute approximate surface area is 377 Å². The van der Waals surface area contributed by atoms with Crippen molar-refractivity contribution in [3.05, 3.63) is 209 Å². The highest BCUT2D eigenvalue weighted by Gasteiger charge is 2.37. The van der Waals surface area contributed by atoms with Crippen molar-refractivity contribution in [1.82, 2.24) is 0 Å². The van der Waals surface area contributed by atoms with Crippen LogP contribution in [0.3, 0.4) is 0 Å². The Morgan fingerprint density at radius 2 is 0.812 bits per heavy atom. The summed E-state index contributed by atoms with van der Waals surface area (Å²) in [6.07, 6.45) is 6.93. The second-order valence-corrected chi connectivity index (χ2v) is 16.1. The van der Waals surface area contributed by atoms with Crippen LogP contribution in [0.25, 0.3) is 11.6 Å². The number of hydrogen-bond donors (Lipinski definition) is 0. The lowest BCUT2D eigenvalue weighted by Crippen LogP contribution is -2.23. The van der Waals surface area contributed by atoms with Crippen LogP contribution in [0.2, 0.25) is 0 Å². The number of rotatable bonds is 12. The van der Waals surface area contributed by atoms with E-state index >= 15 is 0 Å². The molecule has 0 bridgehead atoms. The normalized spacial score (nSPS) is 12.9. The molecule has 1 fully saturated rings. The van der Waals surface area contributed by atoms with Gasteiger partial charge in [0.25, 0.3) is 0 Å². The molecule has 0 heterocycles. The van der Waals surface area contributed by atoms with Gasteiger partial charge in [-0.2, -0.15) is 0 Å². The zero-order valence-corrected chi connectivity index (χ0v) is 37.5. The van der Waals surface area contributed by atoms with E-state index in [-0.39, 0.29) is 17.4 Å². The maximum atomic E-state index is 11.4. The standard InChI is InChI=1S/C37H33NO3.C20H22O3/c1-26-5-15-32(16-6-26)38(33-17-7-27(2)8-18-33)34-19-9-29(10-20-34)25-37(30-11-21-35(40-4)22-12-30)31-13-23-36(24-14-31)41-28(3)39;1-15(21)23-19-11-7-17(8-12-19)20(13-3-4-14-20)16-5-9-18(22-2)10-6-16/h5-25H,1-4H3;5-12H,3-4,13-14H2,1-2H3. The van der Waals surface area contributed by atoms with Crippen LogP contribution in [0.15, 0.2) is 170 Å². The van der Waals surface area contributed by atoms with Crippen LogP contribution in [0.4, 0.5) is 17.1 Å². The number of nitrogens with zero attached hydrogens (tertiary/aromatic N) is 1. The Morgan fingerprint density at radius 1 is 0.469 bits per heavy atom. The van der Waals surface area contributed by atoms with Crippen molar-refractivity contribution in [2.75, 3.05) is 19.1 Å². The number of anilines is 3. The average molecular weight is 850 g/mol. The first-order chi connectivity index (χ1) is 31.0. The molecule has 0 unspecified atom stereocenters. The first-order valence-corrected chi connectivity index (χ1v) is 21.7. The van der Waals surface area contributed by atoms with Crippen LogP contribution >= 0.6 is 0 Å². The van der Waals surface area contributed by atoms with Crippen LogP contribution in [0, 0.1) is 13.8 Å². The molecular formula is C57H55NO6. The lowest BCUT2D eigenvalue weighted by atomic mass is 9.73. The number of esters is 2. The summed E-state index contributed by atoms with van der Waals surface area (Å²) in [6.45, 7) is 7.03. The molecule has 324 valence electrons. The van der Waals surface area contributed by atoms with E-state index in [9.17, 15) is 9.59 Å². The highest BCUT2D eigenvalue weighted by atomic mass is 16.5. The van der Waals surface area contributed by atoms with Crippen LogP contribution in [0.1, 0.15) is 78.5 Å². The SMILES string of the molecule is COc1ccc(C(=Cc2ccc(N(c3ccc(C)cc3)c3ccc(C)cc3)cc2)c2ccc(OC(C)=O)cc2)cc1.COc1ccc(C2(c3ccc(OC(C)=O)cc3)CCCC2)cc1. The fraction of sp³-hybridized carbons (Fsp3) is 0.193. The molecule has 0 amide bonds. The molecule has 1 aliphatic rings. The van der Waals surface area contributed by atoms with Crippen LogP contribution < -0.4 is 23.8 Å². The minimum atomic E-state index is -0.339. The molecule has 64 heavy (non-hydrogen) atoms. The van der Waals surface area contributed by atoms with Crippen molar-refractivity contribution in [1.29, 1.82) is 0 Å². The molecule has 0 aliphatic heterocycles. The van der Waals surface area contributed by atoms with E-state index in [4.69, 9.17) is 18.9 Å². The highest BCUT2D eigenvalue weighted by Crippen LogP contribution is 2.47. The summed E-state index contributed by atoms with van der Waals surface area (Å²) in [4.78, 5) is 24.7. The van der Waals surface area contributed by atoms with Crippen molar-refractivity contribution in [3.8, 4) is 23.0 Å². The summed E-state index contributed by atoms with van der Waals surface area (Å²) >= 11 is 0. The van der Waals surface area contributed by atoms with Gasteiger partial charge in [-0.15, -0.1) is 0 Å². The highest BCUT2D eigenvalue weighted by molar-refractivity contribution is 5.92. The van der Waals surface area contributed by atoms with Crippen molar-refractivity contribution in [2.45, 2.75) is 58.8 Å². The molecule has 0 N–H and O–H groups in total. The van der Waals surface area contributed by atoms with E-state index in [0.29, 0.717) is 11.5 Å². The first-order valence-electron chi connectivity index (χ1n) is 21.7. The van der Waals surface area contributed by atoms with E-state index in [1.807, 2.05) is 60.7 Å². The second-order valence-electron chi connectivity index (χ2n) is 16.1. The lowest BCUT2D eigenvalue weighted by Gasteiger charge is -2.30. The number of carbonyl (C=O) groups excluding carboxylic acids is 2. The molecule has 0 aromatic heterocycles. The van der Waals surface area contributed by atoms with Crippen molar-refractivity contribution in [3.63, 3.8) is 0 Å². The first kappa shape index (κ1) is 44.7. The number of ether oxygens (including phenoxy) is 4. The molecule has 1 saturated carbocycles. The smallest absolute Gasteiger partial charge is 0.308 e. The molecular weight excluding hydrogens is 795 g/mol. The largest absolute Gasteiger partial charge is 0.497 e. The Kier molecular flexibility index (Phi) is 14.4. The molecule has 0 radical (unpaired) electrons. The molecule has 0 atom stereocenters. The number of aryl methyl sites for hydroxylation is 2. The Bertz CT molecular complexity index is 2600. The molecule has 7 nitrogen and oxygen atoms in total. The van der Waals surface area contributed by atoms with Crippen LogP contribution in [0.5, 0.6) is 23.0 Å². The average Bonchev–Trinajstić information content (AvgIpc) is 3.82. The van der Waals surface area contributed by atoms with Crippen LogP contribution in [-0.4, -0.2) is 26.2 Å². The third-order valence-electron chi connectivity index (χ3n) is 11.6. The van der Waals surface area contributed by atoms with E-state index in [1.54, 1.807) is 14.2 Å². The van der Waals surface area contributed by atoms with Gasteiger partial charge >= 0.3 is 11.9 Å². The summed E-state index contributed by atoms with van der Waals surface area (Å²) in [6, 6.07) is 57.7. The van der Waals surface area contributed by atoms with E-state index in [1.165, 1.54) is 48.9 Å². The Hall–Kier alpha value is -7.38. The van der Waals surface area contributed by atoms with Gasteiger partial charge in [0.05, 0.1) is 14.2 Å². The predicted octanol–water partition coefficient (Wildman–Crippen LogP) is 13.8. The number of carbonyl (C=O) groups is 2. The zero-order chi connectivity index (χ0) is 45.1. The summed E-state index contributed by atoms with van der Waals surface area (Å²) in [5.74, 6) is 2.18. The molecule has 7 heteroatoms. The fourth-order valence-corrected chi connectivity index (χ4v) is 8.33. The van der Waals surface area contributed by atoms with Gasteiger partial charge in [0, 0.05) is 36.3 Å². The Morgan fingerprint density at radius 3 is 1.19 bits per heavy atom. The molecule has 7 aromatic carbocycles. The Balaban J connectivity index is 0.000000225. The molecule has 0 spiro atoms. The number of benzene rings is 7. The molecule has 7 aromatic rings. The van der Waals surface area contributed by atoms with Crippen LogP contribution in [-0.2, 0) is 15.0 Å². The van der Waals surface area contributed by atoms with Crippen molar-refractivity contribution in [2.24, 2.45) is 0 Å². The molecule has 1 aliphatic carbocycles. The fourth-order valence-electron chi connectivity index (χ4n) is 8.33. The maximum absolute atomic E-state index is 11.4. The molecule has 0 saturated heterocycles. The van der Waals surface area contributed by atoms with Crippen molar-refractivity contribution >= 4 is 40.6 Å². The summed E-state index contributed by atoms with van der Waals surface area (Å²) in [5.41, 5.74) is 12.6. The van der Waals surface area contributed by atoms with Gasteiger partial charge in [0.15, 0.2) is 0 Å². The topological polar surface area (TPSA) is 74.3 Å². The summed E-state index contributed by atoms with van der Waals surface area (Å²) in [7, 11) is 3.35. The zero-order valence-electron chi connectivity index (χ0n) is 37.5.